The molecule has 184 valence electrons. The summed E-state index contributed by atoms with van der Waals surface area (Å²) in [5.74, 6) is 1.30. The average Bonchev–Trinajstić information content (AvgIpc) is 2.89. The van der Waals surface area contributed by atoms with Crippen LogP contribution in [0.2, 0.25) is 10.0 Å². The van der Waals surface area contributed by atoms with Gasteiger partial charge in [-0.1, -0.05) is 77.3 Å². The zero-order valence-electron chi connectivity index (χ0n) is 20.4. The van der Waals surface area contributed by atoms with Crippen LogP contribution in [0, 0.1) is 13.8 Å². The van der Waals surface area contributed by atoms with Crippen LogP contribution in [0.25, 0.3) is 28.7 Å². The summed E-state index contributed by atoms with van der Waals surface area (Å²) in [6.45, 7) is 4.43. The third-order valence-corrected chi connectivity index (χ3v) is 6.83. The van der Waals surface area contributed by atoms with Crippen molar-refractivity contribution in [3.05, 3.63) is 133 Å². The average molecular weight is 527 g/mol. The zero-order valence-corrected chi connectivity index (χ0v) is 21.9. The number of aromatic nitrogens is 2. The van der Waals surface area contributed by atoms with Gasteiger partial charge in [-0.15, -0.1) is 0 Å². The molecule has 0 radical (unpaired) electrons. The minimum absolute atomic E-state index is 0.0942. The van der Waals surface area contributed by atoms with Crippen LogP contribution in [0.3, 0.4) is 0 Å². The molecule has 0 aliphatic carbocycles. The quantitative estimate of drug-likeness (QED) is 0.224. The van der Waals surface area contributed by atoms with E-state index in [4.69, 9.17) is 32.9 Å². The standard InChI is InChI=1S/C31H24Cl2N2O2/c1-20-7-15-29(21(2)17-20)35-30(34-28-6-4-3-5-25(28)31(35)36)16-11-22-8-12-24(13-9-22)37-19-23-10-14-26(32)27(33)18-23/h3-18H,19H2,1-2H3. The van der Waals surface area contributed by atoms with E-state index in [1.165, 1.54) is 0 Å². The van der Waals surface area contributed by atoms with E-state index < -0.39 is 0 Å². The Kier molecular flexibility index (Phi) is 7.13. The van der Waals surface area contributed by atoms with Crippen molar-refractivity contribution in [3.8, 4) is 11.4 Å². The van der Waals surface area contributed by atoms with Crippen molar-refractivity contribution in [2.24, 2.45) is 0 Å². The van der Waals surface area contributed by atoms with Crippen molar-refractivity contribution in [2.75, 3.05) is 0 Å². The molecule has 0 amide bonds. The molecule has 0 saturated carbocycles. The van der Waals surface area contributed by atoms with Crippen LogP contribution in [-0.2, 0) is 6.61 Å². The number of hydrogen-bond acceptors (Lipinski definition) is 3. The lowest BCUT2D eigenvalue weighted by molar-refractivity contribution is 0.306. The number of nitrogens with zero attached hydrogens (tertiary/aromatic N) is 2. The number of ether oxygens (including phenoxy) is 1. The van der Waals surface area contributed by atoms with Crippen molar-refractivity contribution in [1.82, 2.24) is 9.55 Å². The molecule has 0 saturated heterocycles. The molecule has 6 heteroatoms. The van der Waals surface area contributed by atoms with Gasteiger partial charge in [-0.05, 0) is 79.1 Å². The minimum Gasteiger partial charge on any atom is -0.489 e. The molecule has 4 nitrogen and oxygen atoms in total. The summed E-state index contributed by atoms with van der Waals surface area (Å²) in [5, 5.41) is 1.61. The smallest absolute Gasteiger partial charge is 0.266 e. The van der Waals surface area contributed by atoms with Gasteiger partial charge in [-0.3, -0.25) is 9.36 Å². The molecule has 0 N–H and O–H groups in total. The Morgan fingerprint density at radius 3 is 2.41 bits per heavy atom. The van der Waals surface area contributed by atoms with E-state index in [2.05, 4.69) is 6.07 Å². The number of hydrogen-bond donors (Lipinski definition) is 0. The van der Waals surface area contributed by atoms with Crippen LogP contribution < -0.4 is 10.3 Å². The molecule has 0 bridgehead atoms. The molecule has 0 unspecified atom stereocenters. The zero-order chi connectivity index (χ0) is 25.9. The number of aryl methyl sites for hydroxylation is 2. The highest BCUT2D eigenvalue weighted by Gasteiger charge is 2.13. The first-order valence-corrected chi connectivity index (χ1v) is 12.6. The van der Waals surface area contributed by atoms with Crippen molar-refractivity contribution in [3.63, 3.8) is 0 Å². The van der Waals surface area contributed by atoms with Gasteiger partial charge in [0.1, 0.15) is 18.2 Å². The lowest BCUT2D eigenvalue weighted by Gasteiger charge is -2.14. The maximum absolute atomic E-state index is 13.5. The van der Waals surface area contributed by atoms with E-state index >= 15 is 0 Å². The highest BCUT2D eigenvalue weighted by Crippen LogP contribution is 2.24. The molecule has 1 heterocycles. The van der Waals surface area contributed by atoms with E-state index in [0.29, 0.717) is 33.4 Å². The lowest BCUT2D eigenvalue weighted by Crippen LogP contribution is -2.23. The second kappa shape index (κ2) is 10.6. The fraction of sp³-hybridized carbons (Fsp3) is 0.0968. The van der Waals surface area contributed by atoms with Crippen LogP contribution >= 0.6 is 23.2 Å². The maximum Gasteiger partial charge on any atom is 0.266 e. The molecule has 0 atom stereocenters. The molecule has 5 rings (SSSR count). The van der Waals surface area contributed by atoms with Crippen LogP contribution in [0.5, 0.6) is 5.75 Å². The van der Waals surface area contributed by atoms with Gasteiger partial charge in [-0.2, -0.15) is 0 Å². The van der Waals surface area contributed by atoms with Gasteiger partial charge in [-0.25, -0.2) is 4.98 Å². The Labute approximate surface area is 225 Å². The molecular weight excluding hydrogens is 503 g/mol. The van der Waals surface area contributed by atoms with E-state index in [-0.39, 0.29) is 5.56 Å². The molecule has 1 aromatic heterocycles. The Morgan fingerprint density at radius 2 is 1.65 bits per heavy atom. The van der Waals surface area contributed by atoms with E-state index in [0.717, 1.165) is 33.7 Å². The van der Waals surface area contributed by atoms with Crippen LogP contribution in [0.4, 0.5) is 0 Å². The number of halogens is 2. The van der Waals surface area contributed by atoms with Gasteiger partial charge < -0.3 is 4.74 Å². The van der Waals surface area contributed by atoms with Gasteiger partial charge in [0.15, 0.2) is 0 Å². The van der Waals surface area contributed by atoms with E-state index in [1.54, 1.807) is 16.7 Å². The first-order chi connectivity index (χ1) is 17.9. The summed E-state index contributed by atoms with van der Waals surface area (Å²) in [6, 6.07) is 26.6. The first kappa shape index (κ1) is 24.8. The van der Waals surface area contributed by atoms with Gasteiger partial charge in [0.2, 0.25) is 0 Å². The lowest BCUT2D eigenvalue weighted by atomic mass is 10.1. The fourth-order valence-corrected chi connectivity index (χ4v) is 4.51. The van der Waals surface area contributed by atoms with Crippen molar-refractivity contribution >= 4 is 46.3 Å². The number of rotatable bonds is 6. The van der Waals surface area contributed by atoms with Crippen LogP contribution in [0.15, 0.2) is 89.7 Å². The summed E-state index contributed by atoms with van der Waals surface area (Å²) in [4.78, 5) is 18.3. The summed E-state index contributed by atoms with van der Waals surface area (Å²) in [6.07, 6.45) is 3.82. The molecule has 5 aromatic rings. The molecule has 4 aromatic carbocycles. The second-order valence-corrected chi connectivity index (χ2v) is 9.67. The Bertz CT molecular complexity index is 1690. The highest BCUT2D eigenvalue weighted by atomic mass is 35.5. The normalized spacial score (nSPS) is 11.4. The van der Waals surface area contributed by atoms with Crippen molar-refractivity contribution in [1.29, 1.82) is 0 Å². The van der Waals surface area contributed by atoms with Crippen molar-refractivity contribution < 1.29 is 4.74 Å². The van der Waals surface area contributed by atoms with E-state index in [9.17, 15) is 4.79 Å². The number of benzene rings is 4. The molecule has 0 aliphatic rings. The predicted molar refractivity (Wildman–Crippen MR) is 153 cm³/mol. The molecule has 0 spiro atoms. The first-order valence-electron chi connectivity index (χ1n) is 11.8. The maximum atomic E-state index is 13.5. The molecule has 37 heavy (non-hydrogen) atoms. The number of para-hydroxylation sites is 1. The van der Waals surface area contributed by atoms with E-state index in [1.807, 2.05) is 92.7 Å². The third kappa shape index (κ3) is 5.46. The van der Waals surface area contributed by atoms with Gasteiger partial charge in [0.05, 0.1) is 26.6 Å². The monoisotopic (exact) mass is 526 g/mol. The third-order valence-electron chi connectivity index (χ3n) is 6.09. The SMILES string of the molecule is Cc1ccc(-n2c(C=Cc3ccc(OCc4ccc(Cl)c(Cl)c4)cc3)nc3ccccc3c2=O)c(C)c1. The summed E-state index contributed by atoms with van der Waals surface area (Å²) in [7, 11) is 0. The predicted octanol–water partition coefficient (Wildman–Crippen LogP) is 8.06. The second-order valence-electron chi connectivity index (χ2n) is 8.86. The fourth-order valence-electron chi connectivity index (χ4n) is 4.19. The Balaban J connectivity index is 1.44. The van der Waals surface area contributed by atoms with Gasteiger partial charge in [0.25, 0.3) is 5.56 Å². The van der Waals surface area contributed by atoms with Crippen LogP contribution in [0.1, 0.15) is 28.1 Å². The Hall–Kier alpha value is -3.86. The van der Waals surface area contributed by atoms with Crippen LogP contribution in [-0.4, -0.2) is 9.55 Å². The minimum atomic E-state index is -0.0942. The summed E-state index contributed by atoms with van der Waals surface area (Å²) < 4.78 is 7.57. The van der Waals surface area contributed by atoms with Gasteiger partial charge >= 0.3 is 0 Å². The highest BCUT2D eigenvalue weighted by molar-refractivity contribution is 6.42. The molecule has 0 aliphatic heterocycles. The Morgan fingerprint density at radius 1 is 0.865 bits per heavy atom. The molecule has 0 fully saturated rings. The summed E-state index contributed by atoms with van der Waals surface area (Å²) in [5.41, 5.74) is 5.43. The number of fused-ring (bicyclic) bond motifs is 1. The molecular formula is C31H24Cl2N2O2. The van der Waals surface area contributed by atoms with Crippen molar-refractivity contribution in [2.45, 2.75) is 20.5 Å². The van der Waals surface area contributed by atoms with Gasteiger partial charge in [0, 0.05) is 0 Å². The summed E-state index contributed by atoms with van der Waals surface area (Å²) >= 11 is 12.1. The largest absolute Gasteiger partial charge is 0.489 e. The topological polar surface area (TPSA) is 44.1 Å².